The van der Waals surface area contributed by atoms with Gasteiger partial charge in [0.05, 0.1) is 10.7 Å². The molecule has 27 heavy (non-hydrogen) atoms. The number of pyridine rings is 1. The molecule has 1 unspecified atom stereocenters. The lowest BCUT2D eigenvalue weighted by Gasteiger charge is -2.16. The summed E-state index contributed by atoms with van der Waals surface area (Å²) in [7, 11) is 1.96. The zero-order valence-corrected chi connectivity index (χ0v) is 16.8. The second-order valence-electron chi connectivity index (χ2n) is 6.21. The Morgan fingerprint density at radius 2 is 1.96 bits per heavy atom. The lowest BCUT2D eigenvalue weighted by atomic mass is 9.95. The van der Waals surface area contributed by atoms with E-state index >= 15 is 0 Å². The van der Waals surface area contributed by atoms with Gasteiger partial charge in [0.15, 0.2) is 0 Å². The molecule has 3 nitrogen and oxygen atoms in total. The molecule has 136 valence electrons. The van der Waals surface area contributed by atoms with Gasteiger partial charge in [-0.25, -0.2) is 0 Å². The van der Waals surface area contributed by atoms with Gasteiger partial charge in [-0.1, -0.05) is 35.3 Å². The van der Waals surface area contributed by atoms with Gasteiger partial charge in [-0.2, -0.15) is 0 Å². The molecular formula is C21H16Cl2N2OS. The second kappa shape index (κ2) is 7.49. The van der Waals surface area contributed by atoms with Gasteiger partial charge in [0.2, 0.25) is 0 Å². The molecular weight excluding hydrogens is 399 g/mol. The Bertz CT molecular complexity index is 1080. The maximum atomic E-state index is 11.3. The quantitative estimate of drug-likeness (QED) is 0.431. The number of nitrogens with zero attached hydrogens (tertiary/aromatic N) is 2. The Balaban J connectivity index is 1.99. The lowest BCUT2D eigenvalue weighted by molar-refractivity contribution is 0.221. The summed E-state index contributed by atoms with van der Waals surface area (Å²) in [5.41, 5.74) is 4.19. The third kappa shape index (κ3) is 3.42. The van der Waals surface area contributed by atoms with E-state index in [1.165, 1.54) is 0 Å². The Morgan fingerprint density at radius 3 is 2.63 bits per heavy atom. The smallest absolute Gasteiger partial charge is 0.108 e. The van der Waals surface area contributed by atoms with Gasteiger partial charge in [0.1, 0.15) is 6.10 Å². The van der Waals surface area contributed by atoms with Crippen molar-refractivity contribution in [3.05, 3.63) is 87.6 Å². The van der Waals surface area contributed by atoms with E-state index in [0.29, 0.717) is 10.0 Å². The largest absolute Gasteiger partial charge is 0.383 e. The summed E-state index contributed by atoms with van der Waals surface area (Å²) in [4.78, 5) is 5.24. The van der Waals surface area contributed by atoms with Gasteiger partial charge >= 0.3 is 0 Å². The van der Waals surface area contributed by atoms with Gasteiger partial charge in [-0.3, -0.25) is 4.98 Å². The highest BCUT2D eigenvalue weighted by atomic mass is 35.5. The number of hydrogen-bond donors (Lipinski definition) is 1. The molecule has 0 bridgehead atoms. The van der Waals surface area contributed by atoms with Crippen LogP contribution in [0, 0.1) is 0 Å². The van der Waals surface area contributed by atoms with E-state index in [1.807, 2.05) is 53.5 Å². The number of aliphatic hydroxyl groups is 1. The normalized spacial score (nSPS) is 12.3. The summed E-state index contributed by atoms with van der Waals surface area (Å²) in [6, 6.07) is 13.2. The average molecular weight is 415 g/mol. The molecule has 0 aliphatic rings. The number of aliphatic hydroxyl groups excluding tert-OH is 1. The topological polar surface area (TPSA) is 38.0 Å². The molecule has 0 radical (unpaired) electrons. The van der Waals surface area contributed by atoms with Crippen LogP contribution in [-0.2, 0) is 7.05 Å². The molecule has 1 N–H and O–H groups in total. The van der Waals surface area contributed by atoms with Crippen molar-refractivity contribution in [3.8, 4) is 21.7 Å². The van der Waals surface area contributed by atoms with Crippen molar-refractivity contribution in [3.63, 3.8) is 0 Å². The highest BCUT2D eigenvalue weighted by Crippen LogP contribution is 2.43. The van der Waals surface area contributed by atoms with Crippen LogP contribution in [0.2, 0.25) is 10.0 Å². The number of rotatable bonds is 4. The Morgan fingerprint density at radius 1 is 1.11 bits per heavy atom. The van der Waals surface area contributed by atoms with E-state index in [-0.39, 0.29) is 0 Å². The van der Waals surface area contributed by atoms with Gasteiger partial charge < -0.3 is 9.67 Å². The second-order valence-corrected chi connectivity index (χ2v) is 8.00. The third-order valence-electron chi connectivity index (χ3n) is 4.47. The summed E-state index contributed by atoms with van der Waals surface area (Å²) in [5, 5.41) is 14.4. The van der Waals surface area contributed by atoms with Crippen LogP contribution in [-0.4, -0.2) is 14.7 Å². The Kier molecular flexibility index (Phi) is 5.06. The molecule has 0 aliphatic heterocycles. The Hall–Kier alpha value is -2.11. The van der Waals surface area contributed by atoms with E-state index in [1.54, 1.807) is 35.9 Å². The minimum atomic E-state index is -0.834. The van der Waals surface area contributed by atoms with Crippen LogP contribution in [0.15, 0.2) is 66.4 Å². The first-order chi connectivity index (χ1) is 13.1. The number of halogens is 2. The molecule has 0 saturated carbocycles. The summed E-state index contributed by atoms with van der Waals surface area (Å²) >= 11 is 14.2. The fourth-order valence-electron chi connectivity index (χ4n) is 3.27. The number of thiophene rings is 1. The highest BCUT2D eigenvalue weighted by molar-refractivity contribution is 7.13. The van der Waals surface area contributed by atoms with Crippen molar-refractivity contribution < 1.29 is 5.11 Å². The zero-order chi connectivity index (χ0) is 19.0. The van der Waals surface area contributed by atoms with Crippen LogP contribution in [0.1, 0.15) is 17.2 Å². The average Bonchev–Trinajstić information content (AvgIpc) is 3.30. The Labute approximate surface area is 171 Å². The zero-order valence-electron chi connectivity index (χ0n) is 14.4. The molecule has 0 spiro atoms. The summed E-state index contributed by atoms with van der Waals surface area (Å²) in [6.45, 7) is 0. The van der Waals surface area contributed by atoms with E-state index in [9.17, 15) is 5.11 Å². The van der Waals surface area contributed by atoms with Crippen LogP contribution in [0.25, 0.3) is 21.7 Å². The van der Waals surface area contributed by atoms with Crippen LogP contribution >= 0.6 is 34.5 Å². The first kappa shape index (κ1) is 18.3. The van der Waals surface area contributed by atoms with Gasteiger partial charge in [0.25, 0.3) is 0 Å². The van der Waals surface area contributed by atoms with Gasteiger partial charge in [-0.15, -0.1) is 11.3 Å². The van der Waals surface area contributed by atoms with Crippen LogP contribution < -0.4 is 0 Å². The lowest BCUT2D eigenvalue weighted by Crippen LogP contribution is -2.04. The summed E-state index contributed by atoms with van der Waals surface area (Å²) < 4.78 is 2.00. The van der Waals surface area contributed by atoms with Gasteiger partial charge in [0, 0.05) is 57.8 Å². The number of hydrogen-bond acceptors (Lipinski definition) is 3. The van der Waals surface area contributed by atoms with Crippen LogP contribution in [0.3, 0.4) is 0 Å². The van der Waals surface area contributed by atoms with Crippen LogP contribution in [0.5, 0.6) is 0 Å². The fraction of sp³-hybridized carbons (Fsp3) is 0.0952. The van der Waals surface area contributed by atoms with Crippen molar-refractivity contribution in [2.75, 3.05) is 0 Å². The number of aromatic nitrogens is 2. The predicted molar refractivity (Wildman–Crippen MR) is 112 cm³/mol. The molecule has 3 heterocycles. The first-order valence-electron chi connectivity index (χ1n) is 8.32. The minimum absolute atomic E-state index is 0.543. The van der Waals surface area contributed by atoms with E-state index in [4.69, 9.17) is 23.2 Å². The molecule has 0 aliphatic carbocycles. The third-order valence-corrected chi connectivity index (χ3v) is 5.92. The first-order valence-corrected chi connectivity index (χ1v) is 9.96. The fourth-order valence-corrected chi connectivity index (χ4v) is 4.52. The molecule has 4 aromatic rings. The number of benzene rings is 1. The molecule has 6 heteroatoms. The standard InChI is InChI=1S/C21H16Cl2N2OS/c1-25-12-16(18-5-3-9-27-18)19(21(26)13-4-2-8-24-11-13)20(25)15-7-6-14(22)10-17(15)23/h2-12,21,26H,1H3. The van der Waals surface area contributed by atoms with Crippen molar-refractivity contribution in [1.82, 2.24) is 9.55 Å². The van der Waals surface area contributed by atoms with Crippen molar-refractivity contribution in [2.45, 2.75) is 6.10 Å². The SMILES string of the molecule is Cn1cc(-c2cccs2)c(C(O)c2cccnc2)c1-c1ccc(Cl)cc1Cl. The molecule has 1 aromatic carbocycles. The van der Waals surface area contributed by atoms with E-state index in [2.05, 4.69) is 4.98 Å². The molecule has 1 atom stereocenters. The summed E-state index contributed by atoms with van der Waals surface area (Å²) in [5.74, 6) is 0. The van der Waals surface area contributed by atoms with Crippen molar-refractivity contribution in [1.29, 1.82) is 0 Å². The predicted octanol–water partition coefficient (Wildman–Crippen LogP) is 6.20. The minimum Gasteiger partial charge on any atom is -0.383 e. The highest BCUT2D eigenvalue weighted by Gasteiger charge is 2.26. The molecule has 0 fully saturated rings. The van der Waals surface area contributed by atoms with Crippen molar-refractivity contribution in [2.24, 2.45) is 7.05 Å². The van der Waals surface area contributed by atoms with Crippen LogP contribution in [0.4, 0.5) is 0 Å². The molecule has 4 rings (SSSR count). The van der Waals surface area contributed by atoms with E-state index < -0.39 is 6.10 Å². The number of aryl methyl sites for hydroxylation is 1. The molecule has 0 amide bonds. The monoisotopic (exact) mass is 414 g/mol. The van der Waals surface area contributed by atoms with E-state index in [0.717, 1.165) is 32.8 Å². The summed E-state index contributed by atoms with van der Waals surface area (Å²) in [6.07, 6.45) is 4.57. The molecule has 3 aromatic heterocycles. The maximum Gasteiger partial charge on any atom is 0.108 e. The van der Waals surface area contributed by atoms with Gasteiger partial charge in [-0.05, 0) is 35.7 Å². The van der Waals surface area contributed by atoms with Crippen molar-refractivity contribution >= 4 is 34.5 Å². The maximum absolute atomic E-state index is 11.3. The molecule has 0 saturated heterocycles.